The third-order valence-corrected chi connectivity index (χ3v) is 8.67. The Morgan fingerprint density at radius 3 is 2.51 bits per heavy atom. The topological polar surface area (TPSA) is 97.8 Å². The molecule has 2 saturated heterocycles. The van der Waals surface area contributed by atoms with Crippen LogP contribution in [0.5, 0.6) is 5.88 Å². The van der Waals surface area contributed by atoms with E-state index in [1.807, 2.05) is 6.07 Å². The van der Waals surface area contributed by atoms with E-state index in [1.165, 1.54) is 25.3 Å². The van der Waals surface area contributed by atoms with Gasteiger partial charge in [0.05, 0.1) is 41.0 Å². The van der Waals surface area contributed by atoms with E-state index in [1.54, 1.807) is 17.5 Å². The van der Waals surface area contributed by atoms with E-state index in [0.29, 0.717) is 11.4 Å². The largest absolute Gasteiger partial charge is 0.481 e. The molecule has 5 rings (SSSR count). The second-order valence-corrected chi connectivity index (χ2v) is 13.3. The Morgan fingerprint density at radius 1 is 1.11 bits per heavy atom. The van der Waals surface area contributed by atoms with Gasteiger partial charge in [0.25, 0.3) is 0 Å². The van der Waals surface area contributed by atoms with Crippen molar-refractivity contribution < 1.29 is 17.9 Å². The number of ether oxygens (including phenoxy) is 2. The molecule has 0 bridgehead atoms. The van der Waals surface area contributed by atoms with Gasteiger partial charge in [0.15, 0.2) is 9.84 Å². The number of sulfone groups is 1. The Hall–Kier alpha value is -2.34. The summed E-state index contributed by atoms with van der Waals surface area (Å²) in [6.07, 6.45) is 6.80. The zero-order valence-corrected chi connectivity index (χ0v) is 23.6. The standard InChI is InChI=1S/C26H35N5O4S2/c1-17-12-30(13-18(2)35-17)14-21-15-36-24-22(28-26(29-23(21)24)31-8-6-5-7-9-31)19-10-20(16-37(4,32)33)25(34-3)27-11-19/h10-11,15,17-18H,5-9,12-14,16H2,1-4H3/t17-,18+. The first kappa shape index (κ1) is 26.3. The molecule has 2 atom stereocenters. The molecule has 37 heavy (non-hydrogen) atoms. The predicted octanol–water partition coefficient (Wildman–Crippen LogP) is 3.91. The Kier molecular flexibility index (Phi) is 7.67. The number of anilines is 1. The van der Waals surface area contributed by atoms with Crippen LogP contribution in [0.1, 0.15) is 44.2 Å². The van der Waals surface area contributed by atoms with Gasteiger partial charge < -0.3 is 14.4 Å². The van der Waals surface area contributed by atoms with Gasteiger partial charge >= 0.3 is 0 Å². The summed E-state index contributed by atoms with van der Waals surface area (Å²) >= 11 is 1.63. The van der Waals surface area contributed by atoms with Gasteiger partial charge in [-0.05, 0) is 44.6 Å². The zero-order chi connectivity index (χ0) is 26.2. The van der Waals surface area contributed by atoms with Crippen LogP contribution in [0.3, 0.4) is 0 Å². The van der Waals surface area contributed by atoms with Crippen LogP contribution < -0.4 is 9.64 Å². The highest BCUT2D eigenvalue weighted by atomic mass is 32.2. The number of methoxy groups -OCH3 is 1. The molecule has 0 aromatic carbocycles. The number of pyridine rings is 1. The Bertz CT molecular complexity index is 1360. The Labute approximate surface area is 222 Å². The fourth-order valence-electron chi connectivity index (χ4n) is 5.35. The number of fused-ring (bicyclic) bond motifs is 1. The van der Waals surface area contributed by atoms with Crippen molar-refractivity contribution in [3.8, 4) is 17.1 Å². The fraction of sp³-hybridized carbons (Fsp3) is 0.577. The first-order valence-corrected chi connectivity index (χ1v) is 15.8. The van der Waals surface area contributed by atoms with Crippen LogP contribution in [-0.2, 0) is 26.9 Å². The second-order valence-electron chi connectivity index (χ2n) is 10.3. The van der Waals surface area contributed by atoms with Crippen molar-refractivity contribution in [2.24, 2.45) is 0 Å². The lowest BCUT2D eigenvalue weighted by Gasteiger charge is -2.35. The van der Waals surface area contributed by atoms with Gasteiger partial charge in [0.2, 0.25) is 11.8 Å². The molecule has 5 heterocycles. The minimum absolute atomic E-state index is 0.146. The fourth-order valence-corrected chi connectivity index (χ4v) is 7.13. The van der Waals surface area contributed by atoms with Gasteiger partial charge in [0.1, 0.15) is 0 Å². The number of piperidine rings is 1. The minimum Gasteiger partial charge on any atom is -0.481 e. The van der Waals surface area contributed by atoms with E-state index < -0.39 is 9.84 Å². The minimum atomic E-state index is -3.27. The molecule has 0 saturated carbocycles. The maximum Gasteiger partial charge on any atom is 0.226 e. The van der Waals surface area contributed by atoms with Gasteiger partial charge in [-0.15, -0.1) is 11.3 Å². The van der Waals surface area contributed by atoms with Crippen LogP contribution in [0.25, 0.3) is 21.5 Å². The molecule has 2 aliphatic heterocycles. The third kappa shape index (κ3) is 6.05. The molecule has 0 spiro atoms. The molecule has 0 N–H and O–H groups in total. The molecule has 3 aromatic heterocycles. The first-order valence-electron chi connectivity index (χ1n) is 12.8. The average molecular weight is 546 g/mol. The van der Waals surface area contributed by atoms with Gasteiger partial charge in [-0.3, -0.25) is 4.90 Å². The Balaban J connectivity index is 1.60. The lowest BCUT2D eigenvalue weighted by molar-refractivity contribution is -0.0703. The summed E-state index contributed by atoms with van der Waals surface area (Å²) in [7, 11) is -1.77. The van der Waals surface area contributed by atoms with E-state index in [2.05, 4.69) is 34.0 Å². The highest BCUT2D eigenvalue weighted by Gasteiger charge is 2.25. The molecule has 0 radical (unpaired) electrons. The van der Waals surface area contributed by atoms with E-state index in [4.69, 9.17) is 19.4 Å². The van der Waals surface area contributed by atoms with E-state index in [0.717, 1.165) is 73.0 Å². The molecular weight excluding hydrogens is 510 g/mol. The Morgan fingerprint density at radius 2 is 1.84 bits per heavy atom. The first-order chi connectivity index (χ1) is 17.7. The van der Waals surface area contributed by atoms with Crippen LogP contribution in [0.15, 0.2) is 17.6 Å². The summed E-state index contributed by atoms with van der Waals surface area (Å²) in [5.74, 6) is 0.900. The number of nitrogens with zero attached hydrogens (tertiary/aromatic N) is 5. The van der Waals surface area contributed by atoms with Crippen molar-refractivity contribution in [3.63, 3.8) is 0 Å². The SMILES string of the molecule is COc1ncc(-c2nc(N3CCCCC3)nc3c(CN4C[C@@H](C)O[C@@H](C)C4)csc23)cc1CS(C)(=O)=O. The van der Waals surface area contributed by atoms with Gasteiger partial charge in [-0.25, -0.2) is 23.4 Å². The summed E-state index contributed by atoms with van der Waals surface area (Å²) in [5.41, 5.74) is 4.23. The van der Waals surface area contributed by atoms with Crippen molar-refractivity contribution in [3.05, 3.63) is 28.8 Å². The van der Waals surface area contributed by atoms with Gasteiger partial charge in [0, 0.05) is 61.9 Å². The highest BCUT2D eigenvalue weighted by Crippen LogP contribution is 2.37. The smallest absolute Gasteiger partial charge is 0.226 e. The zero-order valence-electron chi connectivity index (χ0n) is 21.9. The number of rotatable bonds is 7. The van der Waals surface area contributed by atoms with Gasteiger partial charge in [-0.2, -0.15) is 0 Å². The van der Waals surface area contributed by atoms with E-state index >= 15 is 0 Å². The molecule has 9 nitrogen and oxygen atoms in total. The lowest BCUT2D eigenvalue weighted by Crippen LogP contribution is -2.44. The summed E-state index contributed by atoms with van der Waals surface area (Å²) in [6, 6.07) is 1.85. The van der Waals surface area contributed by atoms with Crippen LogP contribution in [-0.4, -0.2) is 80.0 Å². The number of hydrogen-bond acceptors (Lipinski definition) is 10. The van der Waals surface area contributed by atoms with Crippen LogP contribution in [0.4, 0.5) is 5.95 Å². The molecule has 200 valence electrons. The van der Waals surface area contributed by atoms with Crippen molar-refractivity contribution in [2.45, 2.75) is 57.6 Å². The predicted molar refractivity (Wildman–Crippen MR) is 147 cm³/mol. The summed E-state index contributed by atoms with van der Waals surface area (Å²) in [6.45, 7) is 8.67. The monoisotopic (exact) mass is 545 g/mol. The maximum atomic E-state index is 12.1. The lowest BCUT2D eigenvalue weighted by atomic mass is 10.1. The second kappa shape index (κ2) is 10.8. The third-order valence-electron chi connectivity index (χ3n) is 6.81. The van der Waals surface area contributed by atoms with Crippen LogP contribution in [0.2, 0.25) is 0 Å². The molecule has 0 amide bonds. The average Bonchev–Trinajstić information content (AvgIpc) is 3.25. The molecule has 11 heteroatoms. The van der Waals surface area contributed by atoms with Crippen LogP contribution >= 0.6 is 11.3 Å². The summed E-state index contributed by atoms with van der Waals surface area (Å²) in [4.78, 5) is 19.3. The molecular formula is C26H35N5O4S2. The number of thiophene rings is 1. The quantitative estimate of drug-likeness (QED) is 0.438. The number of aromatic nitrogens is 3. The van der Waals surface area contributed by atoms with Gasteiger partial charge in [-0.1, -0.05) is 0 Å². The number of hydrogen-bond donors (Lipinski definition) is 0. The summed E-state index contributed by atoms with van der Waals surface area (Å²) in [5, 5.41) is 2.18. The number of morpholine rings is 1. The normalized spacial score (nSPS) is 21.5. The molecule has 3 aromatic rings. The molecule has 2 fully saturated rings. The maximum absolute atomic E-state index is 12.1. The van der Waals surface area contributed by atoms with Crippen molar-refractivity contribution in [2.75, 3.05) is 44.4 Å². The van der Waals surface area contributed by atoms with Crippen molar-refractivity contribution >= 4 is 37.3 Å². The van der Waals surface area contributed by atoms with E-state index in [-0.39, 0.29) is 18.0 Å². The molecule has 0 unspecified atom stereocenters. The molecule has 0 aliphatic carbocycles. The van der Waals surface area contributed by atoms with Crippen molar-refractivity contribution in [1.29, 1.82) is 0 Å². The van der Waals surface area contributed by atoms with Crippen LogP contribution in [0, 0.1) is 0 Å². The highest BCUT2D eigenvalue weighted by molar-refractivity contribution is 7.89. The van der Waals surface area contributed by atoms with Crippen molar-refractivity contribution in [1.82, 2.24) is 19.9 Å². The molecule has 2 aliphatic rings. The summed E-state index contributed by atoms with van der Waals surface area (Å²) < 4.78 is 36.5. The van der Waals surface area contributed by atoms with E-state index in [9.17, 15) is 8.42 Å².